The molecule has 0 unspecified atom stereocenters. The highest BCUT2D eigenvalue weighted by atomic mass is 16.6. The van der Waals surface area contributed by atoms with E-state index in [1.807, 2.05) is 54.6 Å². The molecule has 1 atom stereocenters. The molecule has 0 aromatic heterocycles. The molecule has 0 aliphatic rings. The van der Waals surface area contributed by atoms with Crippen molar-refractivity contribution in [2.75, 3.05) is 0 Å². The molecule has 0 fully saturated rings. The lowest BCUT2D eigenvalue weighted by Crippen LogP contribution is -2.53. The van der Waals surface area contributed by atoms with Gasteiger partial charge in [0.25, 0.3) is 0 Å². The van der Waals surface area contributed by atoms with E-state index < -0.39 is 28.8 Å². The van der Waals surface area contributed by atoms with Crippen molar-refractivity contribution in [1.82, 2.24) is 5.32 Å². The Morgan fingerprint density at radius 3 is 1.66 bits per heavy atom. The molecule has 0 saturated carbocycles. The van der Waals surface area contributed by atoms with Crippen molar-refractivity contribution in [2.24, 2.45) is 0 Å². The molecule has 2 aromatic carbocycles. The monoisotopic (exact) mass is 397 g/mol. The molecule has 0 radical (unpaired) electrons. The van der Waals surface area contributed by atoms with E-state index in [-0.39, 0.29) is 0 Å². The Hall–Kier alpha value is -2.82. The first-order chi connectivity index (χ1) is 13.3. The zero-order valence-corrected chi connectivity index (χ0v) is 18.3. The van der Waals surface area contributed by atoms with Gasteiger partial charge in [0.05, 0.1) is 0 Å². The molecule has 0 heterocycles. The molecular formula is C24H31NO4. The third-order valence-electron chi connectivity index (χ3n) is 4.13. The number of amides is 1. The maximum Gasteiger partial charge on any atom is 0.408 e. The van der Waals surface area contributed by atoms with Gasteiger partial charge in [0.2, 0.25) is 0 Å². The highest BCUT2D eigenvalue weighted by Gasteiger charge is 2.41. The minimum absolute atomic E-state index is 0.552. The minimum Gasteiger partial charge on any atom is -0.458 e. The van der Waals surface area contributed by atoms with E-state index in [9.17, 15) is 9.59 Å². The van der Waals surface area contributed by atoms with Crippen LogP contribution in [0.1, 0.15) is 54.0 Å². The third kappa shape index (κ3) is 6.34. The van der Waals surface area contributed by atoms with E-state index in [0.717, 1.165) is 11.1 Å². The standard InChI is InChI=1S/C24H31NO4/c1-22(2,3)28-20(26)24(7,25-21(27)29-23(4,5)6)19-15-13-18(14-16-19)17-11-9-8-10-12-17/h8-16H,1-7H3,(H,25,27)/t24-/m1/s1. The Bertz CT molecular complexity index is 845. The Kier molecular flexibility index (Phi) is 6.41. The number of hydrogen-bond donors (Lipinski definition) is 1. The van der Waals surface area contributed by atoms with Crippen LogP contribution in [0, 0.1) is 0 Å². The molecule has 2 aromatic rings. The minimum atomic E-state index is -1.40. The first-order valence-electron chi connectivity index (χ1n) is 9.71. The second-order valence-electron chi connectivity index (χ2n) is 9.20. The first kappa shape index (κ1) is 22.5. The molecule has 0 saturated heterocycles. The number of carbonyl (C=O) groups excluding carboxylic acids is 2. The van der Waals surface area contributed by atoms with Gasteiger partial charge in [0.1, 0.15) is 11.2 Å². The van der Waals surface area contributed by atoms with E-state index >= 15 is 0 Å². The van der Waals surface area contributed by atoms with Gasteiger partial charge in [-0.3, -0.25) is 0 Å². The number of carbonyl (C=O) groups is 2. The van der Waals surface area contributed by atoms with Gasteiger partial charge in [-0.05, 0) is 65.2 Å². The van der Waals surface area contributed by atoms with Crippen LogP contribution < -0.4 is 5.32 Å². The smallest absolute Gasteiger partial charge is 0.408 e. The van der Waals surface area contributed by atoms with Crippen LogP contribution in [-0.2, 0) is 19.8 Å². The van der Waals surface area contributed by atoms with Gasteiger partial charge >= 0.3 is 12.1 Å². The summed E-state index contributed by atoms with van der Waals surface area (Å²) >= 11 is 0. The van der Waals surface area contributed by atoms with Crippen molar-refractivity contribution >= 4 is 12.1 Å². The number of esters is 1. The van der Waals surface area contributed by atoms with Crippen molar-refractivity contribution < 1.29 is 19.1 Å². The summed E-state index contributed by atoms with van der Waals surface area (Å²) in [6.07, 6.45) is -0.682. The molecule has 5 nitrogen and oxygen atoms in total. The summed E-state index contributed by atoms with van der Waals surface area (Å²) in [5, 5.41) is 2.71. The van der Waals surface area contributed by atoms with E-state index in [1.54, 1.807) is 48.5 Å². The molecule has 0 spiro atoms. The van der Waals surface area contributed by atoms with Crippen LogP contribution in [-0.4, -0.2) is 23.3 Å². The SMILES string of the molecule is CC(C)(C)OC(=O)N[C@@](C)(C(=O)OC(C)(C)C)c1ccc(-c2ccccc2)cc1. The number of hydrogen-bond acceptors (Lipinski definition) is 4. The Morgan fingerprint density at radius 1 is 0.690 bits per heavy atom. The van der Waals surface area contributed by atoms with E-state index in [1.165, 1.54) is 0 Å². The summed E-state index contributed by atoms with van der Waals surface area (Å²) in [6, 6.07) is 17.4. The fourth-order valence-corrected chi connectivity index (χ4v) is 2.76. The lowest BCUT2D eigenvalue weighted by atomic mass is 9.90. The largest absolute Gasteiger partial charge is 0.458 e. The molecule has 2 rings (SSSR count). The molecule has 1 N–H and O–H groups in total. The summed E-state index contributed by atoms with van der Waals surface area (Å²) in [5.41, 5.74) is -0.0904. The maximum absolute atomic E-state index is 13.0. The van der Waals surface area contributed by atoms with Crippen molar-refractivity contribution in [2.45, 2.75) is 65.2 Å². The highest BCUT2D eigenvalue weighted by Crippen LogP contribution is 2.28. The lowest BCUT2D eigenvalue weighted by Gasteiger charge is -2.33. The molecule has 0 aliphatic carbocycles. The van der Waals surface area contributed by atoms with Gasteiger partial charge in [-0.25, -0.2) is 9.59 Å². The molecule has 29 heavy (non-hydrogen) atoms. The highest BCUT2D eigenvalue weighted by molar-refractivity contribution is 5.87. The fourth-order valence-electron chi connectivity index (χ4n) is 2.76. The number of benzene rings is 2. The van der Waals surface area contributed by atoms with Gasteiger partial charge in [0.15, 0.2) is 5.54 Å². The molecule has 0 bridgehead atoms. The van der Waals surface area contributed by atoms with Gasteiger partial charge in [0, 0.05) is 0 Å². The number of nitrogens with one attached hydrogen (secondary N) is 1. The van der Waals surface area contributed by atoms with Gasteiger partial charge in [-0.15, -0.1) is 0 Å². The van der Waals surface area contributed by atoms with Gasteiger partial charge < -0.3 is 14.8 Å². The zero-order chi connectivity index (χ0) is 21.9. The summed E-state index contributed by atoms with van der Waals surface area (Å²) in [6.45, 7) is 12.3. The average Bonchev–Trinajstić information content (AvgIpc) is 2.59. The number of rotatable bonds is 4. The summed E-state index contributed by atoms with van der Waals surface area (Å²) in [7, 11) is 0. The second-order valence-corrected chi connectivity index (χ2v) is 9.20. The van der Waals surface area contributed by atoms with Crippen LogP contribution in [0.2, 0.25) is 0 Å². The maximum atomic E-state index is 13.0. The van der Waals surface area contributed by atoms with Crippen LogP contribution >= 0.6 is 0 Å². The summed E-state index contributed by atoms with van der Waals surface area (Å²) in [4.78, 5) is 25.5. The van der Waals surface area contributed by atoms with E-state index in [2.05, 4.69) is 5.32 Å². The molecule has 0 aliphatic heterocycles. The fraction of sp³-hybridized carbons (Fsp3) is 0.417. The lowest BCUT2D eigenvalue weighted by molar-refractivity contribution is -0.163. The van der Waals surface area contributed by atoms with Crippen molar-refractivity contribution in [1.29, 1.82) is 0 Å². The van der Waals surface area contributed by atoms with Crippen LogP contribution in [0.3, 0.4) is 0 Å². The Labute approximate surface area is 173 Å². The Morgan fingerprint density at radius 2 is 1.17 bits per heavy atom. The number of ether oxygens (including phenoxy) is 2. The van der Waals surface area contributed by atoms with Crippen LogP contribution in [0.15, 0.2) is 54.6 Å². The average molecular weight is 398 g/mol. The molecule has 156 valence electrons. The zero-order valence-electron chi connectivity index (χ0n) is 18.3. The van der Waals surface area contributed by atoms with E-state index in [4.69, 9.17) is 9.47 Å². The first-order valence-corrected chi connectivity index (χ1v) is 9.71. The molecular weight excluding hydrogens is 366 g/mol. The number of alkyl carbamates (subject to hydrolysis) is 1. The second kappa shape index (κ2) is 8.27. The predicted octanol–water partition coefficient (Wildman–Crippen LogP) is 5.44. The quantitative estimate of drug-likeness (QED) is 0.698. The topological polar surface area (TPSA) is 64.6 Å². The van der Waals surface area contributed by atoms with Gasteiger partial charge in [-0.2, -0.15) is 0 Å². The van der Waals surface area contributed by atoms with Crippen LogP contribution in [0.4, 0.5) is 4.79 Å². The van der Waals surface area contributed by atoms with Crippen molar-refractivity contribution in [3.05, 3.63) is 60.2 Å². The third-order valence-corrected chi connectivity index (χ3v) is 4.13. The van der Waals surface area contributed by atoms with Crippen LogP contribution in [0.25, 0.3) is 11.1 Å². The molecule has 1 amide bonds. The van der Waals surface area contributed by atoms with E-state index in [0.29, 0.717) is 5.56 Å². The summed E-state index contributed by atoms with van der Waals surface area (Å²) < 4.78 is 11.0. The Balaban J connectivity index is 2.38. The van der Waals surface area contributed by atoms with Gasteiger partial charge in [-0.1, -0.05) is 54.6 Å². The van der Waals surface area contributed by atoms with Crippen LogP contribution in [0.5, 0.6) is 0 Å². The van der Waals surface area contributed by atoms with Crippen molar-refractivity contribution in [3.63, 3.8) is 0 Å². The van der Waals surface area contributed by atoms with Crippen molar-refractivity contribution in [3.8, 4) is 11.1 Å². The normalized spacial score (nSPS) is 13.9. The molecule has 5 heteroatoms. The summed E-state index contributed by atoms with van der Waals surface area (Å²) in [5.74, 6) is -0.552. The predicted molar refractivity (Wildman–Crippen MR) is 114 cm³/mol.